The molecule has 36 heavy (non-hydrogen) atoms. The van der Waals surface area contributed by atoms with Crippen molar-refractivity contribution in [3.8, 4) is 11.3 Å². The molecule has 2 N–H and O–H groups in total. The molecule has 1 fully saturated rings. The van der Waals surface area contributed by atoms with Gasteiger partial charge in [0.1, 0.15) is 5.82 Å². The lowest BCUT2D eigenvalue weighted by atomic mass is 10.1. The second-order valence-corrected chi connectivity index (χ2v) is 8.83. The zero-order chi connectivity index (χ0) is 24.8. The number of hydrogen-bond acceptors (Lipinski definition) is 4. The van der Waals surface area contributed by atoms with Crippen molar-refractivity contribution in [2.75, 3.05) is 5.32 Å². The van der Waals surface area contributed by atoms with Gasteiger partial charge in [0.2, 0.25) is 0 Å². The summed E-state index contributed by atoms with van der Waals surface area (Å²) in [6.45, 7) is 0.253. The summed E-state index contributed by atoms with van der Waals surface area (Å²) in [5.74, 6) is -2.17. The van der Waals surface area contributed by atoms with Gasteiger partial charge in [-0.2, -0.15) is 0 Å². The van der Waals surface area contributed by atoms with Crippen molar-refractivity contribution in [2.45, 2.75) is 25.4 Å². The van der Waals surface area contributed by atoms with Crippen LogP contribution in [-0.2, 0) is 6.54 Å². The Hall–Kier alpha value is -4.40. The first-order valence-corrected chi connectivity index (χ1v) is 11.5. The first-order chi connectivity index (χ1) is 17.5. The van der Waals surface area contributed by atoms with Gasteiger partial charge < -0.3 is 10.6 Å². The molecule has 1 aliphatic carbocycles. The maximum atomic E-state index is 14.2. The Balaban J connectivity index is 1.43. The molecule has 0 aliphatic heterocycles. The van der Waals surface area contributed by atoms with Crippen LogP contribution in [0.5, 0.6) is 0 Å². The number of imidazole rings is 1. The van der Waals surface area contributed by atoms with E-state index in [9.17, 15) is 18.0 Å². The van der Waals surface area contributed by atoms with Crippen LogP contribution in [0.1, 0.15) is 28.8 Å². The van der Waals surface area contributed by atoms with E-state index in [1.807, 2.05) is 0 Å². The summed E-state index contributed by atoms with van der Waals surface area (Å²) in [7, 11) is 0. The Kier molecular flexibility index (Phi) is 5.32. The number of fused-ring (bicyclic) bond motifs is 3. The summed E-state index contributed by atoms with van der Waals surface area (Å²) in [5.41, 5.74) is 3.54. The van der Waals surface area contributed by atoms with Crippen LogP contribution in [0.25, 0.3) is 27.9 Å². The molecule has 2 heterocycles. The minimum atomic E-state index is -1.02. The van der Waals surface area contributed by atoms with Crippen molar-refractivity contribution >= 4 is 28.4 Å². The third-order valence-corrected chi connectivity index (χ3v) is 6.17. The largest absolute Gasteiger partial charge is 0.363 e. The van der Waals surface area contributed by atoms with E-state index in [1.165, 1.54) is 12.1 Å². The Morgan fingerprint density at radius 2 is 1.78 bits per heavy atom. The van der Waals surface area contributed by atoms with Crippen LogP contribution in [0.3, 0.4) is 0 Å². The molecule has 0 atom stereocenters. The molecule has 0 saturated heterocycles. The summed E-state index contributed by atoms with van der Waals surface area (Å²) in [5, 5.41) is 6.09. The van der Waals surface area contributed by atoms with Gasteiger partial charge in [0.05, 0.1) is 22.9 Å². The number of anilines is 1. The summed E-state index contributed by atoms with van der Waals surface area (Å²) in [4.78, 5) is 21.3. The van der Waals surface area contributed by atoms with Crippen molar-refractivity contribution in [1.29, 1.82) is 0 Å². The molecule has 0 spiro atoms. The molecule has 0 radical (unpaired) electrons. The first-order valence-electron chi connectivity index (χ1n) is 11.5. The average molecular weight is 487 g/mol. The van der Waals surface area contributed by atoms with Gasteiger partial charge in [-0.15, -0.1) is 0 Å². The van der Waals surface area contributed by atoms with Crippen molar-refractivity contribution in [2.24, 2.45) is 0 Å². The Labute approximate surface area is 203 Å². The van der Waals surface area contributed by atoms with E-state index in [0.717, 1.165) is 30.5 Å². The minimum Gasteiger partial charge on any atom is -0.363 e. The number of carbonyl (C=O) groups is 1. The van der Waals surface area contributed by atoms with Crippen LogP contribution in [0.2, 0.25) is 0 Å². The lowest BCUT2D eigenvalue weighted by Crippen LogP contribution is -2.25. The highest BCUT2D eigenvalue weighted by atomic mass is 19.2. The SMILES string of the molecule is O=C(NC1CC1)c1ccc(-c2cnc3c(NCc4cccc(F)c4)nc4cc(F)c(F)cc4n23)cc1. The third kappa shape index (κ3) is 4.13. The fourth-order valence-corrected chi connectivity index (χ4v) is 4.17. The molecular formula is C27H20F3N5O. The highest BCUT2D eigenvalue weighted by molar-refractivity contribution is 5.95. The number of hydrogen-bond donors (Lipinski definition) is 2. The second-order valence-electron chi connectivity index (χ2n) is 8.83. The smallest absolute Gasteiger partial charge is 0.251 e. The van der Waals surface area contributed by atoms with Crippen LogP contribution < -0.4 is 10.6 Å². The van der Waals surface area contributed by atoms with Gasteiger partial charge >= 0.3 is 0 Å². The summed E-state index contributed by atoms with van der Waals surface area (Å²) in [6.07, 6.45) is 3.61. The quantitative estimate of drug-likeness (QED) is 0.333. The molecule has 9 heteroatoms. The molecule has 1 amide bonds. The number of aromatic nitrogens is 3. The van der Waals surface area contributed by atoms with Crippen LogP contribution in [0, 0.1) is 17.5 Å². The average Bonchev–Trinajstić information content (AvgIpc) is 3.57. The van der Waals surface area contributed by atoms with E-state index in [0.29, 0.717) is 33.8 Å². The molecule has 1 saturated carbocycles. The molecule has 3 aromatic carbocycles. The number of carbonyl (C=O) groups excluding carboxylic acids is 1. The van der Waals surface area contributed by atoms with E-state index in [1.54, 1.807) is 47.0 Å². The summed E-state index contributed by atoms with van der Waals surface area (Å²) >= 11 is 0. The van der Waals surface area contributed by atoms with Crippen LogP contribution >= 0.6 is 0 Å². The first kappa shape index (κ1) is 22.1. The lowest BCUT2D eigenvalue weighted by Gasteiger charge is -2.12. The van der Waals surface area contributed by atoms with E-state index < -0.39 is 11.6 Å². The zero-order valence-electron chi connectivity index (χ0n) is 18.9. The van der Waals surface area contributed by atoms with Gasteiger partial charge in [-0.3, -0.25) is 9.20 Å². The van der Waals surface area contributed by atoms with Crippen molar-refractivity contribution in [3.63, 3.8) is 0 Å². The van der Waals surface area contributed by atoms with Crippen LogP contribution in [-0.4, -0.2) is 26.3 Å². The predicted molar refractivity (Wildman–Crippen MR) is 130 cm³/mol. The van der Waals surface area contributed by atoms with Gasteiger partial charge in [0, 0.05) is 35.8 Å². The fraction of sp³-hybridized carbons (Fsp3) is 0.148. The Morgan fingerprint density at radius 1 is 1.00 bits per heavy atom. The predicted octanol–water partition coefficient (Wildman–Crippen LogP) is 5.47. The fourth-order valence-electron chi connectivity index (χ4n) is 4.17. The number of amides is 1. The van der Waals surface area contributed by atoms with Crippen molar-refractivity contribution in [1.82, 2.24) is 19.7 Å². The lowest BCUT2D eigenvalue weighted by molar-refractivity contribution is 0.0951. The maximum Gasteiger partial charge on any atom is 0.251 e. The van der Waals surface area contributed by atoms with Gasteiger partial charge in [-0.25, -0.2) is 23.1 Å². The summed E-state index contributed by atoms with van der Waals surface area (Å²) in [6, 6.07) is 15.5. The monoisotopic (exact) mass is 487 g/mol. The van der Waals surface area contributed by atoms with Crippen molar-refractivity contribution in [3.05, 3.63) is 95.4 Å². The molecule has 6 nitrogen and oxygen atoms in total. The molecule has 0 unspecified atom stereocenters. The second kappa shape index (κ2) is 8.67. The van der Waals surface area contributed by atoms with Crippen LogP contribution in [0.15, 0.2) is 66.9 Å². The van der Waals surface area contributed by atoms with E-state index in [-0.39, 0.29) is 29.8 Å². The molecule has 2 aromatic heterocycles. The standard InChI is InChI=1S/C27H20F3N5O/c28-18-3-1-2-15(10-18)13-31-25-26-32-14-24(35(26)23-12-21(30)20(29)11-22(23)34-25)16-4-6-17(7-5-16)27(36)33-19-8-9-19/h1-7,10-12,14,19H,8-9,13H2,(H,31,34)(H,33,36). The number of benzene rings is 3. The van der Waals surface area contributed by atoms with Crippen LogP contribution in [0.4, 0.5) is 19.0 Å². The minimum absolute atomic E-state index is 0.127. The number of nitrogens with one attached hydrogen (secondary N) is 2. The number of halogens is 3. The maximum absolute atomic E-state index is 14.2. The van der Waals surface area contributed by atoms with E-state index in [2.05, 4.69) is 20.6 Å². The van der Waals surface area contributed by atoms with Gasteiger partial charge in [-0.05, 0) is 42.7 Å². The highest BCUT2D eigenvalue weighted by Crippen LogP contribution is 2.30. The molecule has 6 rings (SSSR count). The molecule has 1 aliphatic rings. The molecule has 5 aromatic rings. The third-order valence-electron chi connectivity index (χ3n) is 6.17. The Morgan fingerprint density at radius 3 is 2.53 bits per heavy atom. The topological polar surface area (TPSA) is 71.3 Å². The van der Waals surface area contributed by atoms with Gasteiger partial charge in [-0.1, -0.05) is 24.3 Å². The van der Waals surface area contributed by atoms with Gasteiger partial charge in [0.25, 0.3) is 5.91 Å². The Bertz CT molecular complexity index is 1630. The van der Waals surface area contributed by atoms with Crippen molar-refractivity contribution < 1.29 is 18.0 Å². The zero-order valence-corrected chi connectivity index (χ0v) is 18.9. The molecule has 180 valence electrons. The molecule has 0 bridgehead atoms. The highest BCUT2D eigenvalue weighted by Gasteiger charge is 2.24. The number of nitrogens with zero attached hydrogens (tertiary/aromatic N) is 3. The molecular weight excluding hydrogens is 467 g/mol. The number of rotatable bonds is 6. The van der Waals surface area contributed by atoms with E-state index >= 15 is 0 Å². The van der Waals surface area contributed by atoms with Gasteiger partial charge in [0.15, 0.2) is 23.1 Å². The summed E-state index contributed by atoms with van der Waals surface area (Å²) < 4.78 is 43.6. The van der Waals surface area contributed by atoms with E-state index in [4.69, 9.17) is 0 Å². The normalized spacial score (nSPS) is 13.3.